The molecule has 0 spiro atoms. The van der Waals surface area contributed by atoms with Crippen molar-refractivity contribution in [3.63, 3.8) is 0 Å². The van der Waals surface area contributed by atoms with Gasteiger partial charge in [0.1, 0.15) is 5.60 Å². The minimum Gasteiger partial charge on any atom is -0.441 e. The van der Waals surface area contributed by atoms with E-state index in [-0.39, 0.29) is 18.1 Å². The molecular formula is C29H43FN2O6. The lowest BCUT2D eigenvalue weighted by Gasteiger charge is -2.62. The summed E-state index contributed by atoms with van der Waals surface area (Å²) in [7, 11) is 0. The summed E-state index contributed by atoms with van der Waals surface area (Å²) < 4.78 is 22.4. The number of unbranched alkanes of at least 4 members (excludes halogenated alkanes) is 3. The van der Waals surface area contributed by atoms with Gasteiger partial charge in [-0.2, -0.15) is 0 Å². The van der Waals surface area contributed by atoms with E-state index >= 15 is 4.39 Å². The minimum atomic E-state index is -2.03. The minimum absolute atomic E-state index is 0.114. The molecule has 8 nitrogen and oxygen atoms in total. The first-order chi connectivity index (χ1) is 17.9. The molecule has 4 aliphatic rings. The zero-order valence-corrected chi connectivity index (χ0v) is 22.8. The Morgan fingerprint density at radius 1 is 1.21 bits per heavy atom. The van der Waals surface area contributed by atoms with Crippen LogP contribution in [-0.4, -0.2) is 64.9 Å². The maximum atomic E-state index is 17.2. The van der Waals surface area contributed by atoms with Crippen LogP contribution in [-0.2, 0) is 14.3 Å². The number of amides is 1. The number of Topliss-reactive ketones (excluding diaryl/α,β-unsaturated/α-hetero) is 1. The summed E-state index contributed by atoms with van der Waals surface area (Å²) in [6, 6.07) is 0. The number of hydrogen-bond acceptors (Lipinski definition) is 7. The Bertz CT molecular complexity index is 1030. The van der Waals surface area contributed by atoms with Gasteiger partial charge in [0, 0.05) is 23.3 Å². The van der Waals surface area contributed by atoms with Crippen LogP contribution in [0.5, 0.6) is 0 Å². The van der Waals surface area contributed by atoms with E-state index in [4.69, 9.17) is 10.5 Å². The fourth-order valence-electron chi connectivity index (χ4n) is 8.25. The van der Waals surface area contributed by atoms with Crippen LogP contribution in [0.25, 0.3) is 0 Å². The first kappa shape index (κ1) is 28.9. The van der Waals surface area contributed by atoms with E-state index in [0.717, 1.165) is 25.7 Å². The highest BCUT2D eigenvalue weighted by atomic mass is 19.1. The average molecular weight is 535 g/mol. The van der Waals surface area contributed by atoms with Crippen LogP contribution < -0.4 is 11.1 Å². The maximum Gasteiger partial charge on any atom is 0.407 e. The van der Waals surface area contributed by atoms with E-state index < -0.39 is 58.5 Å². The number of carbonyl (C=O) groups is 3. The highest BCUT2D eigenvalue weighted by molar-refractivity contribution is 6.01. The number of aliphatic hydroxyl groups excluding tert-OH is 1. The Morgan fingerprint density at radius 3 is 2.63 bits per heavy atom. The molecule has 0 heterocycles. The molecule has 38 heavy (non-hydrogen) atoms. The molecule has 212 valence electrons. The standard InChI is InChI=1S/C29H43FN2O6/c1-18-14-22-21-9-8-19-15-20(33)10-11-26(19,2)28(21,30)23(34)16-27(22,3)29(18,37)24(35)17-38-25(36)32-13-7-5-4-6-12-31/h10-11,15,18,21-23,34,37H,4-9,12-14,16-17,31H2,1-3H3,(H,32,36)/t18-,21+,22+,23+,26+,27+,28+,29+/m1/s1. The molecule has 9 heteroatoms. The number of nitrogens with one attached hydrogen (secondary N) is 1. The van der Waals surface area contributed by atoms with E-state index in [1.54, 1.807) is 26.8 Å². The molecule has 1 amide bonds. The normalized spacial score (nSPS) is 41.6. The number of nitrogens with two attached hydrogens (primary N) is 1. The molecule has 0 aromatic heterocycles. The summed E-state index contributed by atoms with van der Waals surface area (Å²) in [5, 5.41) is 26.0. The van der Waals surface area contributed by atoms with Crippen LogP contribution in [0.3, 0.4) is 0 Å². The summed E-state index contributed by atoms with van der Waals surface area (Å²) in [6.07, 6.45) is 7.10. The van der Waals surface area contributed by atoms with Gasteiger partial charge in [0.25, 0.3) is 0 Å². The fraction of sp³-hybridized carbons (Fsp3) is 0.759. The van der Waals surface area contributed by atoms with Crippen LogP contribution in [0.1, 0.15) is 72.1 Å². The third-order valence-electron chi connectivity index (χ3n) is 10.4. The molecule has 0 unspecified atom stereocenters. The Balaban J connectivity index is 1.48. The Morgan fingerprint density at radius 2 is 1.92 bits per heavy atom. The van der Waals surface area contributed by atoms with Crippen molar-refractivity contribution in [3.05, 3.63) is 23.8 Å². The second-order valence-corrected chi connectivity index (χ2v) is 12.3. The average Bonchev–Trinajstić information content (AvgIpc) is 3.07. The number of fused-ring (bicyclic) bond motifs is 5. The topological polar surface area (TPSA) is 139 Å². The first-order valence-electron chi connectivity index (χ1n) is 14.0. The van der Waals surface area contributed by atoms with Gasteiger partial charge >= 0.3 is 6.09 Å². The number of rotatable bonds is 9. The number of ether oxygens (including phenoxy) is 1. The number of aliphatic hydroxyl groups is 2. The van der Waals surface area contributed by atoms with Crippen LogP contribution in [0, 0.1) is 28.6 Å². The number of alkyl carbamates (subject to hydrolysis) is 1. The van der Waals surface area contributed by atoms with E-state index in [0.29, 0.717) is 37.9 Å². The Labute approximate surface area is 224 Å². The summed E-state index contributed by atoms with van der Waals surface area (Å²) in [5.41, 5.74) is 0.0108. The first-order valence-corrected chi connectivity index (χ1v) is 14.0. The van der Waals surface area contributed by atoms with Gasteiger partial charge in [-0.3, -0.25) is 9.59 Å². The third-order valence-corrected chi connectivity index (χ3v) is 10.4. The number of carbonyl (C=O) groups excluding carboxylic acids is 3. The SMILES string of the molecule is C[C@@H]1C[C@H]2[C@@H]3CCC4=CC(=O)C=C[C@]4(C)[C@@]3(F)[C@@H](O)C[C@]2(C)[C@@]1(O)C(=O)COC(=O)NCCCCCCN. The van der Waals surface area contributed by atoms with Gasteiger partial charge in [-0.15, -0.1) is 0 Å². The molecule has 0 aromatic carbocycles. The van der Waals surface area contributed by atoms with E-state index in [9.17, 15) is 24.6 Å². The van der Waals surface area contributed by atoms with E-state index in [1.807, 2.05) is 0 Å². The number of alkyl halides is 1. The molecule has 0 aromatic rings. The van der Waals surface area contributed by atoms with Crippen molar-refractivity contribution in [3.8, 4) is 0 Å². The van der Waals surface area contributed by atoms with Crippen molar-refractivity contribution in [2.45, 2.75) is 89.5 Å². The highest BCUT2D eigenvalue weighted by Crippen LogP contribution is 2.70. The lowest BCUT2D eigenvalue weighted by molar-refractivity contribution is -0.219. The van der Waals surface area contributed by atoms with E-state index in [2.05, 4.69) is 5.32 Å². The third kappa shape index (κ3) is 4.25. The molecule has 0 bridgehead atoms. The van der Waals surface area contributed by atoms with Crippen molar-refractivity contribution in [2.75, 3.05) is 19.7 Å². The summed E-state index contributed by atoms with van der Waals surface area (Å²) in [5.74, 6) is -2.30. The monoisotopic (exact) mass is 534 g/mol. The van der Waals surface area contributed by atoms with E-state index in [1.165, 1.54) is 12.2 Å². The van der Waals surface area contributed by atoms with Crippen LogP contribution in [0.4, 0.5) is 9.18 Å². The highest BCUT2D eigenvalue weighted by Gasteiger charge is 2.75. The maximum absolute atomic E-state index is 17.2. The van der Waals surface area contributed by atoms with Gasteiger partial charge in [0.15, 0.2) is 18.1 Å². The zero-order valence-electron chi connectivity index (χ0n) is 22.8. The fourth-order valence-corrected chi connectivity index (χ4v) is 8.25. The lowest BCUT2D eigenvalue weighted by Crippen LogP contribution is -2.69. The van der Waals surface area contributed by atoms with Crippen LogP contribution in [0.15, 0.2) is 23.8 Å². The molecule has 4 rings (SSSR count). The Hall–Kier alpha value is -2.10. The summed E-state index contributed by atoms with van der Waals surface area (Å²) >= 11 is 0. The molecule has 0 saturated heterocycles. The number of hydrogen-bond donors (Lipinski definition) is 4. The van der Waals surface area contributed by atoms with Crippen LogP contribution >= 0.6 is 0 Å². The van der Waals surface area contributed by atoms with Crippen molar-refractivity contribution in [1.82, 2.24) is 5.32 Å². The molecule has 4 aliphatic carbocycles. The number of allylic oxidation sites excluding steroid dienone is 4. The summed E-state index contributed by atoms with van der Waals surface area (Å²) in [6.45, 7) is 5.72. The van der Waals surface area contributed by atoms with Crippen LogP contribution in [0.2, 0.25) is 0 Å². The van der Waals surface area contributed by atoms with Gasteiger partial charge in [-0.1, -0.05) is 38.3 Å². The van der Waals surface area contributed by atoms with Gasteiger partial charge < -0.3 is 26.0 Å². The number of halogens is 1. The zero-order chi connectivity index (χ0) is 27.9. The second-order valence-electron chi connectivity index (χ2n) is 12.3. The van der Waals surface area contributed by atoms with Crippen molar-refractivity contribution in [1.29, 1.82) is 0 Å². The predicted octanol–water partition coefficient (Wildman–Crippen LogP) is 3.15. The van der Waals surface area contributed by atoms with Gasteiger partial charge in [-0.25, -0.2) is 9.18 Å². The molecule has 3 saturated carbocycles. The largest absolute Gasteiger partial charge is 0.441 e. The van der Waals surface area contributed by atoms with Gasteiger partial charge in [0.05, 0.1) is 6.10 Å². The van der Waals surface area contributed by atoms with Crippen molar-refractivity contribution < 1.29 is 33.7 Å². The molecule has 8 atom stereocenters. The molecule has 5 N–H and O–H groups in total. The van der Waals surface area contributed by atoms with Gasteiger partial charge in [-0.05, 0) is 76.0 Å². The molecule has 0 radical (unpaired) electrons. The van der Waals surface area contributed by atoms with Gasteiger partial charge in [0.2, 0.25) is 5.78 Å². The molecular weight excluding hydrogens is 491 g/mol. The Kier molecular flexibility index (Phi) is 7.96. The smallest absolute Gasteiger partial charge is 0.407 e. The molecule has 3 fully saturated rings. The summed E-state index contributed by atoms with van der Waals surface area (Å²) in [4.78, 5) is 37.6. The predicted molar refractivity (Wildman–Crippen MR) is 140 cm³/mol. The van der Waals surface area contributed by atoms with Crippen molar-refractivity contribution >= 4 is 17.7 Å². The lowest BCUT2D eigenvalue weighted by atomic mass is 9.44. The van der Waals surface area contributed by atoms with Crippen molar-refractivity contribution in [2.24, 2.45) is 34.3 Å². The molecule has 0 aliphatic heterocycles. The second kappa shape index (κ2) is 10.5. The quantitative estimate of drug-likeness (QED) is 0.333. The number of ketones is 2.